The highest BCUT2D eigenvalue weighted by Gasteiger charge is 2.45. The van der Waals surface area contributed by atoms with Gasteiger partial charge in [-0.3, -0.25) is 0 Å². The summed E-state index contributed by atoms with van der Waals surface area (Å²) in [5, 5.41) is 11.7. The summed E-state index contributed by atoms with van der Waals surface area (Å²) in [7, 11) is 0. The lowest BCUT2D eigenvalue weighted by Crippen LogP contribution is -2.67. The van der Waals surface area contributed by atoms with Crippen LogP contribution in [-0.2, 0) is 14.3 Å². The molecule has 0 aromatic rings. The van der Waals surface area contributed by atoms with Crippen molar-refractivity contribution in [3.8, 4) is 0 Å². The third kappa shape index (κ3) is 1.20. The van der Waals surface area contributed by atoms with E-state index in [1.807, 2.05) is 0 Å². The van der Waals surface area contributed by atoms with Crippen LogP contribution in [0.5, 0.6) is 0 Å². The first kappa shape index (κ1) is 7.97. The number of hydrogen-bond acceptors (Lipinski definition) is 4. The quantitative estimate of drug-likeness (QED) is 0.523. The van der Waals surface area contributed by atoms with Gasteiger partial charge in [0, 0.05) is 13.1 Å². The van der Waals surface area contributed by atoms with Crippen molar-refractivity contribution in [1.82, 2.24) is 5.32 Å². The van der Waals surface area contributed by atoms with Gasteiger partial charge < -0.3 is 19.9 Å². The van der Waals surface area contributed by atoms with Gasteiger partial charge >= 0.3 is 5.97 Å². The standard InChI is InChI=1S/C7H11NO4/c9-6(10)5-1-11-4-7(12-5)2-8-3-7/h5,8H,1-4H2,(H,9,10). The number of rotatable bonds is 1. The first-order chi connectivity index (χ1) is 5.72. The molecule has 0 bridgehead atoms. The van der Waals surface area contributed by atoms with Crippen molar-refractivity contribution in [2.45, 2.75) is 11.7 Å². The van der Waals surface area contributed by atoms with Gasteiger partial charge in [0.05, 0.1) is 13.2 Å². The zero-order valence-corrected chi connectivity index (χ0v) is 6.58. The summed E-state index contributed by atoms with van der Waals surface area (Å²) in [6.07, 6.45) is -0.791. The molecule has 68 valence electrons. The summed E-state index contributed by atoms with van der Waals surface area (Å²) in [4.78, 5) is 10.6. The van der Waals surface area contributed by atoms with E-state index in [1.165, 1.54) is 0 Å². The smallest absolute Gasteiger partial charge is 0.335 e. The lowest BCUT2D eigenvalue weighted by Gasteiger charge is -2.46. The molecule has 0 amide bonds. The maximum atomic E-state index is 10.6. The van der Waals surface area contributed by atoms with Gasteiger partial charge in [-0.25, -0.2) is 4.79 Å². The molecular formula is C7H11NO4. The summed E-state index contributed by atoms with van der Waals surface area (Å²) in [6, 6.07) is 0. The molecule has 2 aliphatic heterocycles. The third-order valence-electron chi connectivity index (χ3n) is 2.20. The maximum absolute atomic E-state index is 10.6. The van der Waals surface area contributed by atoms with E-state index in [-0.39, 0.29) is 12.2 Å². The van der Waals surface area contributed by atoms with Crippen LogP contribution < -0.4 is 5.32 Å². The highest BCUT2D eigenvalue weighted by atomic mass is 16.6. The van der Waals surface area contributed by atoms with Crippen molar-refractivity contribution in [3.63, 3.8) is 0 Å². The Morgan fingerprint density at radius 1 is 1.58 bits per heavy atom. The van der Waals surface area contributed by atoms with Crippen molar-refractivity contribution in [2.75, 3.05) is 26.3 Å². The van der Waals surface area contributed by atoms with Crippen molar-refractivity contribution >= 4 is 5.97 Å². The predicted octanol–water partition coefficient (Wildman–Crippen LogP) is -1.17. The summed E-state index contributed by atoms with van der Waals surface area (Å²) in [5.41, 5.74) is -0.360. The van der Waals surface area contributed by atoms with Crippen LogP contribution in [0.2, 0.25) is 0 Å². The fourth-order valence-electron chi connectivity index (χ4n) is 1.43. The molecule has 5 nitrogen and oxygen atoms in total. The molecule has 1 unspecified atom stereocenters. The Balaban J connectivity index is 1.98. The lowest BCUT2D eigenvalue weighted by atomic mass is 9.97. The summed E-state index contributed by atoms with van der Waals surface area (Å²) in [5.74, 6) is -0.944. The zero-order chi connectivity index (χ0) is 8.60. The highest BCUT2D eigenvalue weighted by molar-refractivity contribution is 5.72. The van der Waals surface area contributed by atoms with Crippen molar-refractivity contribution in [2.24, 2.45) is 0 Å². The molecule has 12 heavy (non-hydrogen) atoms. The fraction of sp³-hybridized carbons (Fsp3) is 0.857. The molecule has 0 aromatic heterocycles. The van der Waals surface area contributed by atoms with Crippen LogP contribution in [-0.4, -0.2) is 49.1 Å². The van der Waals surface area contributed by atoms with Crippen molar-refractivity contribution in [1.29, 1.82) is 0 Å². The molecule has 2 rings (SSSR count). The van der Waals surface area contributed by atoms with E-state index in [0.29, 0.717) is 19.7 Å². The largest absolute Gasteiger partial charge is 0.479 e. The summed E-state index contributed by atoms with van der Waals surface area (Å²) in [6.45, 7) is 2.05. The summed E-state index contributed by atoms with van der Waals surface area (Å²) >= 11 is 0. The Morgan fingerprint density at radius 2 is 2.33 bits per heavy atom. The molecule has 0 radical (unpaired) electrons. The average molecular weight is 173 g/mol. The molecule has 2 aliphatic rings. The Labute approximate surface area is 69.6 Å². The van der Waals surface area contributed by atoms with Gasteiger partial charge in [-0.05, 0) is 0 Å². The SMILES string of the molecule is O=C(O)C1COCC2(CNC2)O1. The average Bonchev–Trinajstić information content (AvgIpc) is 2.02. The number of nitrogens with one attached hydrogen (secondary N) is 1. The number of ether oxygens (including phenoxy) is 2. The molecule has 5 heteroatoms. The molecule has 2 saturated heterocycles. The molecule has 0 saturated carbocycles. The van der Waals surface area contributed by atoms with E-state index in [4.69, 9.17) is 14.6 Å². The third-order valence-corrected chi connectivity index (χ3v) is 2.20. The van der Waals surface area contributed by atoms with E-state index in [1.54, 1.807) is 0 Å². The number of aliphatic carboxylic acids is 1. The van der Waals surface area contributed by atoms with Gasteiger partial charge in [0.1, 0.15) is 5.60 Å². The second-order valence-corrected chi connectivity index (χ2v) is 3.25. The first-order valence-corrected chi connectivity index (χ1v) is 3.91. The maximum Gasteiger partial charge on any atom is 0.335 e. The van der Waals surface area contributed by atoms with Gasteiger partial charge in [0.2, 0.25) is 0 Å². The zero-order valence-electron chi connectivity index (χ0n) is 6.58. The highest BCUT2D eigenvalue weighted by Crippen LogP contribution is 2.23. The van der Waals surface area contributed by atoms with Crippen molar-refractivity contribution < 1.29 is 19.4 Å². The molecular weight excluding hydrogens is 162 g/mol. The monoisotopic (exact) mass is 173 g/mol. The molecule has 1 spiro atoms. The van der Waals surface area contributed by atoms with E-state index < -0.39 is 12.1 Å². The minimum Gasteiger partial charge on any atom is -0.479 e. The minimum absolute atomic E-state index is 0.164. The van der Waals surface area contributed by atoms with Crippen LogP contribution in [0.1, 0.15) is 0 Å². The van der Waals surface area contributed by atoms with Gasteiger partial charge in [0.25, 0.3) is 0 Å². The molecule has 1 atom stereocenters. The van der Waals surface area contributed by atoms with E-state index in [0.717, 1.165) is 0 Å². The van der Waals surface area contributed by atoms with Crippen LogP contribution in [0.25, 0.3) is 0 Å². The Morgan fingerprint density at radius 3 is 2.83 bits per heavy atom. The molecule has 2 heterocycles. The van der Waals surface area contributed by atoms with Crippen molar-refractivity contribution in [3.05, 3.63) is 0 Å². The van der Waals surface area contributed by atoms with Gasteiger partial charge in [-0.2, -0.15) is 0 Å². The Hall–Kier alpha value is -0.650. The molecule has 0 aliphatic carbocycles. The summed E-state index contributed by atoms with van der Waals surface area (Å²) < 4.78 is 10.5. The molecule has 0 aromatic carbocycles. The van der Waals surface area contributed by atoms with E-state index >= 15 is 0 Å². The van der Waals surface area contributed by atoms with Crippen LogP contribution >= 0.6 is 0 Å². The van der Waals surface area contributed by atoms with Crippen LogP contribution in [0.4, 0.5) is 0 Å². The Kier molecular flexibility index (Phi) is 1.79. The van der Waals surface area contributed by atoms with Gasteiger partial charge in [0.15, 0.2) is 6.10 Å². The number of carboxylic acid groups (broad SMARTS) is 1. The number of carboxylic acids is 1. The number of hydrogen-bond donors (Lipinski definition) is 2. The van der Waals surface area contributed by atoms with Crippen LogP contribution in [0.15, 0.2) is 0 Å². The second kappa shape index (κ2) is 2.69. The second-order valence-electron chi connectivity index (χ2n) is 3.25. The van der Waals surface area contributed by atoms with Gasteiger partial charge in [-0.1, -0.05) is 0 Å². The fourth-order valence-corrected chi connectivity index (χ4v) is 1.43. The minimum atomic E-state index is -0.944. The molecule has 2 fully saturated rings. The normalized spacial score (nSPS) is 32.8. The Bertz CT molecular complexity index is 202. The van der Waals surface area contributed by atoms with E-state index in [2.05, 4.69) is 5.32 Å². The van der Waals surface area contributed by atoms with Crippen LogP contribution in [0.3, 0.4) is 0 Å². The predicted molar refractivity (Wildman–Crippen MR) is 38.9 cm³/mol. The topological polar surface area (TPSA) is 67.8 Å². The van der Waals surface area contributed by atoms with E-state index in [9.17, 15) is 4.79 Å². The first-order valence-electron chi connectivity index (χ1n) is 3.91. The van der Waals surface area contributed by atoms with Crippen LogP contribution in [0, 0.1) is 0 Å². The molecule has 2 N–H and O–H groups in total. The number of carbonyl (C=O) groups is 1. The lowest BCUT2D eigenvalue weighted by molar-refractivity contribution is -0.223. The van der Waals surface area contributed by atoms with Gasteiger partial charge in [-0.15, -0.1) is 0 Å².